The van der Waals surface area contributed by atoms with Crippen LogP contribution in [-0.4, -0.2) is 46.2 Å². The Bertz CT molecular complexity index is 561. The molecule has 1 aromatic rings. The SMILES string of the molecule is CCOC(=O)c1cnc(N2CCC(C(=O)O)C2C)nc1C. The molecule has 2 unspecified atom stereocenters. The Kier molecular flexibility index (Phi) is 4.40. The molecule has 1 saturated heterocycles. The maximum atomic E-state index is 11.7. The molecule has 2 rings (SSSR count). The molecule has 0 saturated carbocycles. The van der Waals surface area contributed by atoms with Crippen molar-refractivity contribution >= 4 is 17.9 Å². The van der Waals surface area contributed by atoms with E-state index in [0.717, 1.165) is 0 Å². The first-order chi connectivity index (χ1) is 9.95. The number of anilines is 1. The summed E-state index contributed by atoms with van der Waals surface area (Å²) in [5.74, 6) is -1.21. The van der Waals surface area contributed by atoms with Crippen LogP contribution in [0.2, 0.25) is 0 Å². The van der Waals surface area contributed by atoms with Crippen molar-refractivity contribution in [1.29, 1.82) is 0 Å². The summed E-state index contributed by atoms with van der Waals surface area (Å²) >= 11 is 0. The molecule has 0 aliphatic carbocycles. The van der Waals surface area contributed by atoms with Crippen molar-refractivity contribution in [2.45, 2.75) is 33.2 Å². The number of nitrogens with zero attached hydrogens (tertiary/aromatic N) is 3. The lowest BCUT2D eigenvalue weighted by Gasteiger charge is -2.23. The van der Waals surface area contributed by atoms with Crippen LogP contribution < -0.4 is 4.90 Å². The first kappa shape index (κ1) is 15.2. The molecule has 1 aliphatic rings. The minimum absolute atomic E-state index is 0.171. The van der Waals surface area contributed by atoms with Crippen molar-refractivity contribution in [3.05, 3.63) is 17.5 Å². The lowest BCUT2D eigenvalue weighted by atomic mass is 10.0. The van der Waals surface area contributed by atoms with Gasteiger partial charge in [-0.15, -0.1) is 0 Å². The van der Waals surface area contributed by atoms with Crippen LogP contribution in [0.15, 0.2) is 6.20 Å². The third-order valence-electron chi connectivity index (χ3n) is 3.79. The summed E-state index contributed by atoms with van der Waals surface area (Å²) in [5, 5.41) is 9.15. The van der Waals surface area contributed by atoms with E-state index in [1.165, 1.54) is 6.20 Å². The van der Waals surface area contributed by atoms with E-state index in [-0.39, 0.29) is 6.04 Å². The molecule has 1 aromatic heterocycles. The van der Waals surface area contributed by atoms with E-state index in [1.54, 1.807) is 13.8 Å². The van der Waals surface area contributed by atoms with Gasteiger partial charge in [-0.3, -0.25) is 4.79 Å². The van der Waals surface area contributed by atoms with E-state index in [4.69, 9.17) is 9.84 Å². The van der Waals surface area contributed by atoms with E-state index < -0.39 is 17.9 Å². The number of aliphatic carboxylic acids is 1. The molecule has 0 radical (unpaired) electrons. The van der Waals surface area contributed by atoms with Crippen LogP contribution in [-0.2, 0) is 9.53 Å². The predicted octanol–water partition coefficient (Wildman–Crippen LogP) is 1.26. The second-order valence-electron chi connectivity index (χ2n) is 5.06. The zero-order valence-corrected chi connectivity index (χ0v) is 12.4. The van der Waals surface area contributed by atoms with Gasteiger partial charge >= 0.3 is 11.9 Å². The summed E-state index contributed by atoms with van der Waals surface area (Å²) in [6.07, 6.45) is 2.01. The number of hydrogen-bond acceptors (Lipinski definition) is 6. The first-order valence-corrected chi connectivity index (χ1v) is 6.96. The average molecular weight is 293 g/mol. The van der Waals surface area contributed by atoms with E-state index in [2.05, 4.69) is 9.97 Å². The summed E-state index contributed by atoms with van der Waals surface area (Å²) in [6, 6.07) is -0.171. The van der Waals surface area contributed by atoms with Gasteiger partial charge in [-0.2, -0.15) is 0 Å². The quantitative estimate of drug-likeness (QED) is 0.835. The monoisotopic (exact) mass is 293 g/mol. The van der Waals surface area contributed by atoms with Gasteiger partial charge in [0.15, 0.2) is 0 Å². The molecular formula is C14H19N3O4. The Balaban J connectivity index is 2.21. The molecule has 1 aliphatic heterocycles. The number of aryl methyl sites for hydroxylation is 1. The molecule has 0 spiro atoms. The minimum Gasteiger partial charge on any atom is -0.481 e. The third kappa shape index (κ3) is 2.96. The number of hydrogen-bond donors (Lipinski definition) is 1. The van der Waals surface area contributed by atoms with Crippen LogP contribution in [0.4, 0.5) is 5.95 Å². The molecule has 7 heteroatoms. The first-order valence-electron chi connectivity index (χ1n) is 6.96. The largest absolute Gasteiger partial charge is 0.481 e. The highest BCUT2D eigenvalue weighted by atomic mass is 16.5. The molecule has 0 amide bonds. The molecule has 2 atom stereocenters. The summed E-state index contributed by atoms with van der Waals surface area (Å²) in [5.41, 5.74) is 0.867. The van der Waals surface area contributed by atoms with Crippen molar-refractivity contribution in [3.63, 3.8) is 0 Å². The minimum atomic E-state index is -0.801. The predicted molar refractivity (Wildman–Crippen MR) is 75.3 cm³/mol. The fourth-order valence-corrected chi connectivity index (χ4v) is 2.55. The van der Waals surface area contributed by atoms with Crippen molar-refractivity contribution in [2.24, 2.45) is 5.92 Å². The fourth-order valence-electron chi connectivity index (χ4n) is 2.55. The maximum absolute atomic E-state index is 11.7. The van der Waals surface area contributed by atoms with Gasteiger partial charge in [-0.05, 0) is 27.2 Å². The number of rotatable bonds is 4. The number of carboxylic acids is 1. The van der Waals surface area contributed by atoms with Crippen LogP contribution in [0, 0.1) is 12.8 Å². The van der Waals surface area contributed by atoms with Gasteiger partial charge in [0, 0.05) is 18.8 Å². The van der Waals surface area contributed by atoms with Gasteiger partial charge in [-0.25, -0.2) is 14.8 Å². The summed E-state index contributed by atoms with van der Waals surface area (Å²) < 4.78 is 4.93. The van der Waals surface area contributed by atoms with Gasteiger partial charge in [0.2, 0.25) is 5.95 Å². The Morgan fingerprint density at radius 2 is 2.24 bits per heavy atom. The summed E-state index contributed by atoms with van der Waals surface area (Å²) in [6.45, 7) is 6.19. The van der Waals surface area contributed by atoms with Crippen LogP contribution in [0.25, 0.3) is 0 Å². The molecule has 7 nitrogen and oxygen atoms in total. The van der Waals surface area contributed by atoms with E-state index in [0.29, 0.717) is 36.8 Å². The molecule has 2 heterocycles. The average Bonchev–Trinajstić information content (AvgIpc) is 2.80. The highest BCUT2D eigenvalue weighted by molar-refractivity contribution is 5.90. The van der Waals surface area contributed by atoms with E-state index in [1.807, 2.05) is 11.8 Å². The van der Waals surface area contributed by atoms with Crippen LogP contribution >= 0.6 is 0 Å². The topological polar surface area (TPSA) is 92.6 Å². The molecular weight excluding hydrogens is 274 g/mol. The number of esters is 1. The van der Waals surface area contributed by atoms with E-state index in [9.17, 15) is 9.59 Å². The van der Waals surface area contributed by atoms with E-state index >= 15 is 0 Å². The molecule has 1 N–H and O–H groups in total. The zero-order valence-electron chi connectivity index (χ0n) is 12.4. The smallest absolute Gasteiger partial charge is 0.341 e. The van der Waals surface area contributed by atoms with Gasteiger partial charge in [0.05, 0.1) is 23.8 Å². The third-order valence-corrected chi connectivity index (χ3v) is 3.79. The van der Waals surface area contributed by atoms with Gasteiger partial charge in [-0.1, -0.05) is 0 Å². The number of aromatic nitrogens is 2. The Morgan fingerprint density at radius 3 is 2.76 bits per heavy atom. The lowest BCUT2D eigenvalue weighted by Crippen LogP contribution is -2.34. The van der Waals surface area contributed by atoms with Crippen LogP contribution in [0.1, 0.15) is 36.3 Å². The number of carbonyl (C=O) groups is 2. The number of ether oxygens (including phenoxy) is 1. The van der Waals surface area contributed by atoms with Crippen LogP contribution in [0.3, 0.4) is 0 Å². The normalized spacial score (nSPS) is 21.4. The maximum Gasteiger partial charge on any atom is 0.341 e. The van der Waals surface area contributed by atoms with Crippen molar-refractivity contribution in [2.75, 3.05) is 18.1 Å². The highest BCUT2D eigenvalue weighted by Crippen LogP contribution is 2.28. The molecule has 0 aromatic carbocycles. The second kappa shape index (κ2) is 6.07. The van der Waals surface area contributed by atoms with Crippen LogP contribution in [0.5, 0.6) is 0 Å². The molecule has 1 fully saturated rings. The lowest BCUT2D eigenvalue weighted by molar-refractivity contribution is -0.141. The molecule has 0 bridgehead atoms. The number of carboxylic acid groups (broad SMARTS) is 1. The zero-order chi connectivity index (χ0) is 15.6. The van der Waals surface area contributed by atoms with Gasteiger partial charge in [0.25, 0.3) is 0 Å². The standard InChI is InChI=1S/C14H19N3O4/c1-4-21-13(20)11-7-15-14(16-8(11)2)17-6-5-10(9(17)3)12(18)19/h7,9-10H,4-6H2,1-3H3,(H,18,19). The highest BCUT2D eigenvalue weighted by Gasteiger charge is 2.37. The van der Waals surface area contributed by atoms with Crippen molar-refractivity contribution < 1.29 is 19.4 Å². The summed E-state index contributed by atoms with van der Waals surface area (Å²) in [4.78, 5) is 33.2. The Morgan fingerprint density at radius 1 is 1.52 bits per heavy atom. The fraction of sp³-hybridized carbons (Fsp3) is 0.571. The number of carbonyl (C=O) groups excluding carboxylic acids is 1. The Labute approximate surface area is 123 Å². The molecule has 21 heavy (non-hydrogen) atoms. The van der Waals surface area contributed by atoms with Crippen molar-refractivity contribution in [3.8, 4) is 0 Å². The molecule has 114 valence electrons. The summed E-state index contributed by atoms with van der Waals surface area (Å²) in [7, 11) is 0. The Hall–Kier alpha value is -2.18. The van der Waals surface area contributed by atoms with Crippen molar-refractivity contribution in [1.82, 2.24) is 9.97 Å². The second-order valence-corrected chi connectivity index (χ2v) is 5.06. The van der Waals surface area contributed by atoms with Gasteiger partial charge < -0.3 is 14.7 Å². The van der Waals surface area contributed by atoms with Gasteiger partial charge in [0.1, 0.15) is 0 Å².